The summed E-state index contributed by atoms with van der Waals surface area (Å²) >= 11 is 0. The number of amides is 3. The molecule has 2 fully saturated rings. The van der Waals surface area contributed by atoms with Crippen molar-refractivity contribution in [3.63, 3.8) is 0 Å². The van der Waals surface area contributed by atoms with Gasteiger partial charge < -0.3 is 19.7 Å². The fourth-order valence-electron chi connectivity index (χ4n) is 8.19. The summed E-state index contributed by atoms with van der Waals surface area (Å²) in [6, 6.07) is 12.0. The van der Waals surface area contributed by atoms with E-state index >= 15 is 0 Å². The number of esters is 1. The second kappa shape index (κ2) is 16.4. The van der Waals surface area contributed by atoms with Gasteiger partial charge in [0.05, 0.1) is 31.0 Å². The maximum Gasteiger partial charge on any atom is 0.410 e. The van der Waals surface area contributed by atoms with Crippen LogP contribution in [0.1, 0.15) is 101 Å². The lowest BCUT2D eigenvalue weighted by atomic mass is 9.90. The van der Waals surface area contributed by atoms with Crippen molar-refractivity contribution < 1.29 is 37.8 Å². The summed E-state index contributed by atoms with van der Waals surface area (Å²) in [4.78, 5) is 72.2. The molecule has 11 heteroatoms. The molecule has 3 aliphatic heterocycles. The molecule has 1 saturated carbocycles. The number of nitrogens with zero attached hydrogens (tertiary/aromatic N) is 2. The Kier molecular flexibility index (Phi) is 11.9. The monoisotopic (exact) mass is 743 g/mol. The topological polar surface area (TPSA) is 122 Å². The van der Waals surface area contributed by atoms with Gasteiger partial charge in [-0.2, -0.15) is 0 Å². The average molecular weight is 744 g/mol. The van der Waals surface area contributed by atoms with Gasteiger partial charge in [0.2, 0.25) is 11.8 Å². The zero-order chi connectivity index (χ0) is 38.6. The molecule has 10 nitrogen and oxygen atoms in total. The first-order valence-corrected chi connectivity index (χ1v) is 19.5. The molecule has 2 aromatic rings. The Hall–Kier alpha value is -4.54. The number of hydrogen-bond acceptors (Lipinski definition) is 7. The summed E-state index contributed by atoms with van der Waals surface area (Å²) in [7, 11) is 0. The lowest BCUT2D eigenvalue weighted by Crippen LogP contribution is -2.46. The molecule has 54 heavy (non-hydrogen) atoms. The standard InChI is InChI=1S/C43H54FN3O7/c1-28-15-17-29(18-16-28)19-20-45-40(51)43-23-32(43)13-9-7-5-6-8-11-30(21-38(49)54-42(2,3)4)39(50)47-26-33(22-36(47)37(48)24-43)53-41(52)46-25-31-12-10-14-35(44)34(31)27-46/h9-10,12-18,30,32-33,36H,5-8,11,19-27H2,1-4H3,(H,45,51)/b13-9-/t30?,32?,33?,36-,43?/m0/s1. The van der Waals surface area contributed by atoms with Gasteiger partial charge in [-0.15, -0.1) is 0 Å². The third-order valence-corrected chi connectivity index (χ3v) is 11.2. The van der Waals surface area contributed by atoms with Crippen LogP contribution in [0.5, 0.6) is 0 Å². The van der Waals surface area contributed by atoms with Crippen molar-refractivity contribution >= 4 is 29.7 Å². The number of halogens is 1. The van der Waals surface area contributed by atoms with Crippen LogP contribution in [0.15, 0.2) is 54.6 Å². The highest BCUT2D eigenvalue weighted by Crippen LogP contribution is 2.57. The Balaban J connectivity index is 1.21. The number of ether oxygens (including phenoxy) is 2. The zero-order valence-corrected chi connectivity index (χ0v) is 32.0. The number of benzene rings is 2. The molecule has 0 spiro atoms. The van der Waals surface area contributed by atoms with Crippen molar-refractivity contribution in [2.24, 2.45) is 17.3 Å². The maximum atomic E-state index is 14.5. The first-order chi connectivity index (χ1) is 25.7. The van der Waals surface area contributed by atoms with E-state index in [-0.39, 0.29) is 68.2 Å². The smallest absolute Gasteiger partial charge is 0.410 e. The van der Waals surface area contributed by atoms with E-state index < -0.39 is 41.1 Å². The van der Waals surface area contributed by atoms with Crippen LogP contribution in [0.25, 0.3) is 0 Å². The third kappa shape index (κ3) is 9.39. The van der Waals surface area contributed by atoms with Crippen LogP contribution >= 0.6 is 0 Å². The largest absolute Gasteiger partial charge is 0.460 e. The predicted molar refractivity (Wildman–Crippen MR) is 200 cm³/mol. The lowest BCUT2D eigenvalue weighted by molar-refractivity contribution is -0.159. The average Bonchev–Trinajstić information content (AvgIpc) is 3.41. The fraction of sp³-hybridized carbons (Fsp3) is 0.558. The normalized spacial score (nSPS) is 26.5. The Bertz CT molecular complexity index is 1770. The molecule has 4 aliphatic rings. The van der Waals surface area contributed by atoms with Gasteiger partial charge in [-0.25, -0.2) is 9.18 Å². The predicted octanol–water partition coefficient (Wildman–Crippen LogP) is 6.75. The van der Waals surface area contributed by atoms with Crippen molar-refractivity contribution in [1.82, 2.24) is 15.1 Å². The van der Waals surface area contributed by atoms with E-state index in [1.165, 1.54) is 15.9 Å². The fourth-order valence-corrected chi connectivity index (χ4v) is 8.19. The molecule has 6 rings (SSSR count). The molecule has 4 unspecified atom stereocenters. The van der Waals surface area contributed by atoms with Crippen LogP contribution in [-0.2, 0) is 48.2 Å². The molecule has 0 radical (unpaired) electrons. The Morgan fingerprint density at radius 3 is 2.54 bits per heavy atom. The summed E-state index contributed by atoms with van der Waals surface area (Å²) in [5.41, 5.74) is 1.75. The van der Waals surface area contributed by atoms with Gasteiger partial charge in [0, 0.05) is 37.4 Å². The molecular formula is C43H54FN3O7. The Morgan fingerprint density at radius 1 is 1.02 bits per heavy atom. The number of carbonyl (C=O) groups is 5. The van der Waals surface area contributed by atoms with Gasteiger partial charge in [0.15, 0.2) is 5.78 Å². The van der Waals surface area contributed by atoms with Gasteiger partial charge in [0.1, 0.15) is 17.5 Å². The van der Waals surface area contributed by atoms with E-state index in [0.29, 0.717) is 43.4 Å². The van der Waals surface area contributed by atoms with Gasteiger partial charge >= 0.3 is 12.1 Å². The van der Waals surface area contributed by atoms with Crippen molar-refractivity contribution in [3.05, 3.63) is 82.7 Å². The number of allylic oxidation sites excluding steroid dienone is 2. The van der Waals surface area contributed by atoms with E-state index in [1.807, 2.05) is 31.2 Å². The quantitative estimate of drug-likeness (QED) is 0.246. The molecule has 3 amide bonds. The third-order valence-electron chi connectivity index (χ3n) is 11.2. The van der Waals surface area contributed by atoms with Crippen molar-refractivity contribution in [2.45, 2.75) is 123 Å². The second-order valence-corrected chi connectivity index (χ2v) is 16.6. The Morgan fingerprint density at radius 2 is 1.80 bits per heavy atom. The van der Waals surface area contributed by atoms with Gasteiger partial charge in [-0.3, -0.25) is 24.1 Å². The number of nitrogens with one attached hydrogen (secondary N) is 1. The summed E-state index contributed by atoms with van der Waals surface area (Å²) < 4.78 is 26.0. The molecule has 5 atom stereocenters. The molecule has 1 aliphatic carbocycles. The van der Waals surface area contributed by atoms with Crippen LogP contribution in [0.3, 0.4) is 0 Å². The van der Waals surface area contributed by atoms with Gasteiger partial charge in [-0.05, 0) is 82.9 Å². The molecule has 2 aromatic carbocycles. The molecule has 1 saturated heterocycles. The van der Waals surface area contributed by atoms with Gasteiger partial charge in [0.25, 0.3) is 0 Å². The van der Waals surface area contributed by atoms with Crippen molar-refractivity contribution in [1.29, 1.82) is 0 Å². The summed E-state index contributed by atoms with van der Waals surface area (Å²) in [5, 5.41) is 3.10. The number of ketones is 1. The van der Waals surface area contributed by atoms with Crippen LogP contribution in [0, 0.1) is 30.0 Å². The van der Waals surface area contributed by atoms with E-state index in [0.717, 1.165) is 30.4 Å². The number of aryl methyl sites for hydroxylation is 1. The van der Waals surface area contributed by atoms with E-state index in [1.54, 1.807) is 32.9 Å². The minimum atomic E-state index is -0.947. The first kappa shape index (κ1) is 39.2. The van der Waals surface area contributed by atoms with Crippen LogP contribution in [0.4, 0.5) is 9.18 Å². The Labute approximate surface area is 317 Å². The van der Waals surface area contributed by atoms with Crippen LogP contribution < -0.4 is 5.32 Å². The molecule has 3 heterocycles. The van der Waals surface area contributed by atoms with Crippen molar-refractivity contribution in [3.8, 4) is 0 Å². The minimum Gasteiger partial charge on any atom is -0.460 e. The molecule has 290 valence electrons. The van der Waals surface area contributed by atoms with Crippen LogP contribution in [0.2, 0.25) is 0 Å². The first-order valence-electron chi connectivity index (χ1n) is 19.5. The number of hydrogen-bond donors (Lipinski definition) is 1. The molecule has 0 aromatic heterocycles. The molecule has 1 N–H and O–H groups in total. The number of fused-ring (bicyclic) bond motifs is 3. The van der Waals surface area contributed by atoms with Crippen LogP contribution in [-0.4, -0.2) is 70.3 Å². The highest BCUT2D eigenvalue weighted by Gasteiger charge is 2.60. The SMILES string of the molecule is Cc1ccc(CCNC(=O)C23CC(=O)[C@@H]4CC(OC(=O)N5Cc6cccc(F)c6C5)CN4C(=O)C(CC(=O)OC(C)(C)C)CCCCC/C=C\C2C3)cc1. The minimum absolute atomic E-state index is 0.0278. The maximum absolute atomic E-state index is 14.5. The molecular weight excluding hydrogens is 689 g/mol. The highest BCUT2D eigenvalue weighted by molar-refractivity contribution is 5.97. The lowest BCUT2D eigenvalue weighted by Gasteiger charge is -2.29. The summed E-state index contributed by atoms with van der Waals surface area (Å²) in [5.74, 6) is -2.52. The zero-order valence-electron chi connectivity index (χ0n) is 32.0. The van der Waals surface area contributed by atoms with E-state index in [4.69, 9.17) is 9.47 Å². The number of Topliss-reactive ketones (excluding diaryl/α,β-unsaturated/α-hetero) is 1. The number of rotatable bonds is 7. The van der Waals surface area contributed by atoms with Crippen molar-refractivity contribution in [2.75, 3.05) is 13.1 Å². The van der Waals surface area contributed by atoms with E-state index in [2.05, 4.69) is 17.5 Å². The summed E-state index contributed by atoms with van der Waals surface area (Å²) in [6.45, 7) is 8.01. The summed E-state index contributed by atoms with van der Waals surface area (Å²) in [6.07, 6.45) is 7.45. The van der Waals surface area contributed by atoms with Gasteiger partial charge in [-0.1, -0.05) is 67.0 Å². The molecule has 0 bridgehead atoms. The highest BCUT2D eigenvalue weighted by atomic mass is 19.1. The number of carbonyl (C=O) groups excluding carboxylic acids is 5. The second-order valence-electron chi connectivity index (χ2n) is 16.6. The van der Waals surface area contributed by atoms with E-state index in [9.17, 15) is 28.4 Å².